The second-order valence-corrected chi connectivity index (χ2v) is 5.27. The van der Waals surface area contributed by atoms with E-state index in [9.17, 15) is 4.79 Å². The Hall–Kier alpha value is -3.32. The van der Waals surface area contributed by atoms with E-state index in [1.165, 1.54) is 0 Å². The van der Waals surface area contributed by atoms with E-state index in [-0.39, 0.29) is 12.4 Å². The number of hydrogen-bond acceptors (Lipinski definition) is 4. The molecule has 0 bridgehead atoms. The quantitative estimate of drug-likeness (QED) is 0.518. The van der Waals surface area contributed by atoms with E-state index in [1.54, 1.807) is 36.6 Å². The Morgan fingerprint density at radius 3 is 2.25 bits per heavy atom. The van der Waals surface area contributed by atoms with E-state index in [2.05, 4.69) is 6.07 Å². The van der Waals surface area contributed by atoms with Gasteiger partial charge in [-0.25, -0.2) is 0 Å². The summed E-state index contributed by atoms with van der Waals surface area (Å²) in [6.07, 6.45) is 2.38. The van der Waals surface area contributed by atoms with Crippen LogP contribution >= 0.6 is 0 Å². The van der Waals surface area contributed by atoms with Crippen LogP contribution in [-0.4, -0.2) is 5.97 Å². The van der Waals surface area contributed by atoms with Crippen molar-refractivity contribution in [3.63, 3.8) is 0 Å². The topological polar surface area (TPSA) is 63.2 Å². The molecule has 0 aliphatic rings. The Balaban J connectivity index is 1.59. The molecule has 0 saturated heterocycles. The molecule has 0 N–H and O–H groups in total. The van der Waals surface area contributed by atoms with Gasteiger partial charge in [-0.15, -0.1) is 0 Å². The van der Waals surface area contributed by atoms with Gasteiger partial charge in [0.1, 0.15) is 11.5 Å². The minimum Gasteiger partial charge on any atom is -0.469 e. The van der Waals surface area contributed by atoms with Crippen LogP contribution < -0.4 is 4.74 Å². The van der Waals surface area contributed by atoms with Crippen molar-refractivity contribution in [2.45, 2.75) is 12.8 Å². The van der Waals surface area contributed by atoms with Crippen LogP contribution in [0.2, 0.25) is 0 Å². The fourth-order valence-electron chi connectivity index (χ4n) is 2.32. The number of nitrogens with zero attached hydrogens (tertiary/aromatic N) is 1. The molecule has 24 heavy (non-hydrogen) atoms. The van der Waals surface area contributed by atoms with Crippen LogP contribution in [0.3, 0.4) is 0 Å². The Bertz CT molecular complexity index is 841. The highest BCUT2D eigenvalue weighted by Crippen LogP contribution is 2.23. The number of carbonyl (C=O) groups is 1. The lowest BCUT2D eigenvalue weighted by Crippen LogP contribution is -2.08. The summed E-state index contributed by atoms with van der Waals surface area (Å²) in [6.45, 7) is 0. The summed E-state index contributed by atoms with van der Waals surface area (Å²) in [5.41, 5.74) is 2.63. The van der Waals surface area contributed by atoms with Gasteiger partial charge in [-0.3, -0.25) is 4.79 Å². The van der Waals surface area contributed by atoms with Crippen molar-refractivity contribution in [3.8, 4) is 22.9 Å². The zero-order valence-corrected chi connectivity index (χ0v) is 12.9. The van der Waals surface area contributed by atoms with Crippen LogP contribution in [-0.2, 0) is 11.2 Å². The third-order valence-corrected chi connectivity index (χ3v) is 3.59. The van der Waals surface area contributed by atoms with Crippen LogP contribution in [0.4, 0.5) is 0 Å². The van der Waals surface area contributed by atoms with E-state index in [0.717, 1.165) is 16.9 Å². The molecule has 2 aromatic carbocycles. The highest BCUT2D eigenvalue weighted by atomic mass is 16.5. The maximum Gasteiger partial charge on any atom is 0.311 e. The summed E-state index contributed by atoms with van der Waals surface area (Å²) < 4.78 is 10.5. The van der Waals surface area contributed by atoms with Gasteiger partial charge in [-0.2, -0.15) is 5.26 Å². The summed E-state index contributed by atoms with van der Waals surface area (Å²) in [6, 6.07) is 20.4. The molecule has 0 radical (unpaired) electrons. The Morgan fingerprint density at radius 2 is 1.67 bits per heavy atom. The number of rotatable bonds is 5. The largest absolute Gasteiger partial charge is 0.469 e. The standard InChI is InChI=1S/C20H15NO3/c21-14-15-3-5-16(6-4-15)17-7-9-19(10-8-17)24-20(22)12-11-18-2-1-13-23-18/h1-10,13H,11-12H2. The molecular weight excluding hydrogens is 302 g/mol. The summed E-state index contributed by atoms with van der Waals surface area (Å²) >= 11 is 0. The lowest BCUT2D eigenvalue weighted by Gasteiger charge is -2.06. The van der Waals surface area contributed by atoms with Crippen molar-refractivity contribution in [1.82, 2.24) is 0 Å². The molecule has 0 aliphatic heterocycles. The molecule has 0 fully saturated rings. The van der Waals surface area contributed by atoms with Gasteiger partial charge in [0.2, 0.25) is 0 Å². The number of carbonyl (C=O) groups excluding carboxylic acids is 1. The Labute approximate surface area is 139 Å². The number of nitriles is 1. The van der Waals surface area contributed by atoms with E-state index in [0.29, 0.717) is 17.7 Å². The molecule has 0 amide bonds. The zero-order chi connectivity index (χ0) is 16.8. The van der Waals surface area contributed by atoms with Gasteiger partial charge in [0.25, 0.3) is 0 Å². The predicted molar refractivity (Wildman–Crippen MR) is 89.3 cm³/mol. The van der Waals surface area contributed by atoms with Gasteiger partial charge in [0, 0.05) is 6.42 Å². The summed E-state index contributed by atoms with van der Waals surface area (Å²) in [5, 5.41) is 8.82. The molecule has 4 heteroatoms. The zero-order valence-electron chi connectivity index (χ0n) is 12.9. The number of hydrogen-bond donors (Lipinski definition) is 0. The van der Waals surface area contributed by atoms with Gasteiger partial charge < -0.3 is 9.15 Å². The first-order valence-corrected chi connectivity index (χ1v) is 7.58. The van der Waals surface area contributed by atoms with Gasteiger partial charge in [-0.1, -0.05) is 24.3 Å². The van der Waals surface area contributed by atoms with E-state index < -0.39 is 0 Å². The summed E-state index contributed by atoms with van der Waals surface area (Å²) in [5.74, 6) is 0.984. The summed E-state index contributed by atoms with van der Waals surface area (Å²) in [4.78, 5) is 11.8. The van der Waals surface area contributed by atoms with Crippen LogP contribution in [0, 0.1) is 11.3 Å². The van der Waals surface area contributed by atoms with E-state index in [1.807, 2.05) is 30.3 Å². The van der Waals surface area contributed by atoms with E-state index in [4.69, 9.17) is 14.4 Å². The van der Waals surface area contributed by atoms with Gasteiger partial charge in [-0.05, 0) is 47.5 Å². The van der Waals surface area contributed by atoms with Crippen molar-refractivity contribution in [3.05, 3.63) is 78.3 Å². The molecule has 1 aromatic heterocycles. The maximum atomic E-state index is 11.8. The number of furan rings is 1. The number of ether oxygens (including phenoxy) is 1. The molecule has 3 aromatic rings. The lowest BCUT2D eigenvalue weighted by atomic mass is 10.0. The minimum absolute atomic E-state index is 0.269. The fourth-order valence-corrected chi connectivity index (χ4v) is 2.32. The summed E-state index contributed by atoms with van der Waals surface area (Å²) in [7, 11) is 0. The number of esters is 1. The van der Waals surface area contributed by atoms with Crippen LogP contribution in [0.5, 0.6) is 5.75 Å². The molecule has 4 nitrogen and oxygen atoms in total. The van der Waals surface area contributed by atoms with Crippen molar-refractivity contribution in [2.24, 2.45) is 0 Å². The second-order valence-electron chi connectivity index (χ2n) is 5.27. The van der Waals surface area contributed by atoms with Gasteiger partial charge >= 0.3 is 5.97 Å². The third-order valence-electron chi connectivity index (χ3n) is 3.59. The molecule has 0 atom stereocenters. The minimum atomic E-state index is -0.294. The number of benzene rings is 2. The first kappa shape index (κ1) is 15.6. The van der Waals surface area contributed by atoms with Crippen LogP contribution in [0.15, 0.2) is 71.3 Å². The molecule has 0 spiro atoms. The van der Waals surface area contributed by atoms with Crippen LogP contribution in [0.1, 0.15) is 17.7 Å². The highest BCUT2D eigenvalue weighted by Gasteiger charge is 2.07. The van der Waals surface area contributed by atoms with Crippen LogP contribution in [0.25, 0.3) is 11.1 Å². The lowest BCUT2D eigenvalue weighted by molar-refractivity contribution is -0.134. The average Bonchev–Trinajstić information content (AvgIpc) is 3.14. The smallest absolute Gasteiger partial charge is 0.311 e. The van der Waals surface area contributed by atoms with Crippen molar-refractivity contribution in [1.29, 1.82) is 5.26 Å². The molecule has 0 saturated carbocycles. The highest BCUT2D eigenvalue weighted by molar-refractivity contribution is 5.73. The van der Waals surface area contributed by atoms with E-state index >= 15 is 0 Å². The molecule has 1 heterocycles. The Kier molecular flexibility index (Phi) is 4.73. The predicted octanol–water partition coefficient (Wildman–Crippen LogP) is 4.36. The number of aryl methyl sites for hydroxylation is 1. The monoisotopic (exact) mass is 317 g/mol. The third kappa shape index (κ3) is 3.90. The normalized spacial score (nSPS) is 10.1. The molecular formula is C20H15NO3. The van der Waals surface area contributed by atoms with Crippen molar-refractivity contribution < 1.29 is 13.9 Å². The fraction of sp³-hybridized carbons (Fsp3) is 0.100. The second kappa shape index (κ2) is 7.30. The van der Waals surface area contributed by atoms with Gasteiger partial charge in [0.15, 0.2) is 0 Å². The van der Waals surface area contributed by atoms with Crippen molar-refractivity contribution in [2.75, 3.05) is 0 Å². The van der Waals surface area contributed by atoms with Crippen molar-refractivity contribution >= 4 is 5.97 Å². The molecule has 0 unspecified atom stereocenters. The molecule has 118 valence electrons. The van der Waals surface area contributed by atoms with Gasteiger partial charge in [0.05, 0.1) is 24.3 Å². The molecule has 0 aliphatic carbocycles. The average molecular weight is 317 g/mol. The Morgan fingerprint density at radius 1 is 1.00 bits per heavy atom. The SMILES string of the molecule is N#Cc1ccc(-c2ccc(OC(=O)CCc3ccco3)cc2)cc1. The molecule has 3 rings (SSSR count). The first-order valence-electron chi connectivity index (χ1n) is 7.58. The first-order chi connectivity index (χ1) is 11.7. The maximum absolute atomic E-state index is 11.8.